The number of aromatic nitrogens is 2. The van der Waals surface area contributed by atoms with Crippen LogP contribution in [0.15, 0.2) is 40.1 Å². The first-order chi connectivity index (χ1) is 11.0. The fourth-order valence-electron chi connectivity index (χ4n) is 2.25. The van der Waals surface area contributed by atoms with Crippen molar-refractivity contribution in [1.29, 1.82) is 0 Å². The molecule has 0 radical (unpaired) electrons. The van der Waals surface area contributed by atoms with Crippen LogP contribution < -0.4 is 5.56 Å². The highest BCUT2D eigenvalue weighted by Gasteiger charge is 2.14. The summed E-state index contributed by atoms with van der Waals surface area (Å²) in [4.78, 5) is 18.9. The zero-order chi connectivity index (χ0) is 16.8. The maximum absolute atomic E-state index is 12.0. The van der Waals surface area contributed by atoms with Gasteiger partial charge < -0.3 is 5.11 Å². The predicted octanol–water partition coefficient (Wildman–Crippen LogP) is 3.24. The Morgan fingerprint density at radius 3 is 2.74 bits per heavy atom. The van der Waals surface area contributed by atoms with Crippen LogP contribution in [0.2, 0.25) is 0 Å². The predicted molar refractivity (Wildman–Crippen MR) is 95.2 cm³/mol. The molecule has 0 amide bonds. The van der Waals surface area contributed by atoms with Crippen molar-refractivity contribution in [2.24, 2.45) is 4.99 Å². The maximum atomic E-state index is 12.0. The van der Waals surface area contributed by atoms with E-state index >= 15 is 0 Å². The van der Waals surface area contributed by atoms with Crippen LogP contribution in [0.4, 0.5) is 0 Å². The van der Waals surface area contributed by atoms with E-state index in [1.165, 1.54) is 11.8 Å². The van der Waals surface area contributed by atoms with Gasteiger partial charge in [-0.1, -0.05) is 37.3 Å². The zero-order valence-corrected chi connectivity index (χ0v) is 14.1. The largest absolute Gasteiger partial charge is 0.494 e. The second kappa shape index (κ2) is 7.87. The summed E-state index contributed by atoms with van der Waals surface area (Å²) in [7, 11) is 0. The highest BCUT2D eigenvalue weighted by molar-refractivity contribution is 7.71. The lowest BCUT2D eigenvalue weighted by molar-refractivity contribution is 0.371. The van der Waals surface area contributed by atoms with Crippen LogP contribution in [0, 0.1) is 4.77 Å². The van der Waals surface area contributed by atoms with Gasteiger partial charge in [0.15, 0.2) is 4.77 Å². The van der Waals surface area contributed by atoms with Crippen molar-refractivity contribution in [2.75, 3.05) is 6.54 Å². The van der Waals surface area contributed by atoms with Crippen LogP contribution in [0.3, 0.4) is 0 Å². The van der Waals surface area contributed by atoms with E-state index in [4.69, 9.17) is 12.2 Å². The summed E-state index contributed by atoms with van der Waals surface area (Å²) in [5.74, 6) is -0.128. The Balaban J connectivity index is 2.21. The Bertz CT molecular complexity index is 794. The van der Waals surface area contributed by atoms with Gasteiger partial charge in [-0.2, -0.15) is 0 Å². The molecule has 2 rings (SSSR count). The van der Waals surface area contributed by atoms with Gasteiger partial charge in [-0.3, -0.25) is 19.3 Å². The van der Waals surface area contributed by atoms with Crippen LogP contribution in [0.25, 0.3) is 0 Å². The highest BCUT2D eigenvalue weighted by Crippen LogP contribution is 2.20. The van der Waals surface area contributed by atoms with E-state index in [0.717, 1.165) is 12.8 Å². The summed E-state index contributed by atoms with van der Waals surface area (Å²) >= 11 is 5.13. The van der Waals surface area contributed by atoms with Crippen molar-refractivity contribution >= 4 is 18.4 Å². The minimum Gasteiger partial charge on any atom is -0.494 e. The van der Waals surface area contributed by atoms with Gasteiger partial charge in [-0.25, -0.2) is 0 Å². The fourth-order valence-corrected chi connectivity index (χ4v) is 2.61. The summed E-state index contributed by atoms with van der Waals surface area (Å²) in [6, 6.07) is 9.98. The van der Waals surface area contributed by atoms with Crippen molar-refractivity contribution in [2.45, 2.75) is 32.7 Å². The molecule has 5 nitrogen and oxygen atoms in total. The topological polar surface area (TPSA) is 70.4 Å². The Morgan fingerprint density at radius 1 is 1.39 bits per heavy atom. The Hall–Kier alpha value is -2.21. The molecule has 0 unspecified atom stereocenters. The summed E-state index contributed by atoms with van der Waals surface area (Å²) in [5.41, 5.74) is 0.904. The second-order valence-electron chi connectivity index (χ2n) is 5.39. The lowest BCUT2D eigenvalue weighted by atomic mass is 10.1. The van der Waals surface area contributed by atoms with E-state index in [9.17, 15) is 9.90 Å². The number of aliphatic imine (C=N–C) groups is 1. The van der Waals surface area contributed by atoms with E-state index in [-0.39, 0.29) is 22.3 Å². The molecule has 2 N–H and O–H groups in total. The Kier molecular flexibility index (Phi) is 5.87. The molecule has 1 atom stereocenters. The van der Waals surface area contributed by atoms with Crippen LogP contribution in [0.5, 0.6) is 5.88 Å². The number of aromatic hydroxyl groups is 1. The number of H-pyrrole nitrogens is 1. The third-order valence-electron chi connectivity index (χ3n) is 3.78. The Morgan fingerprint density at radius 2 is 2.09 bits per heavy atom. The van der Waals surface area contributed by atoms with E-state index < -0.39 is 5.56 Å². The van der Waals surface area contributed by atoms with E-state index in [1.54, 1.807) is 4.57 Å². The number of rotatable bonds is 6. The average Bonchev–Trinajstić information content (AvgIpc) is 2.54. The normalized spacial score (nSPS) is 12.6. The number of nitrogens with zero attached hydrogens (tertiary/aromatic N) is 2. The first-order valence-electron chi connectivity index (χ1n) is 7.66. The second-order valence-corrected chi connectivity index (χ2v) is 5.78. The average molecular weight is 331 g/mol. The van der Waals surface area contributed by atoms with Gasteiger partial charge in [0, 0.05) is 18.8 Å². The lowest BCUT2D eigenvalue weighted by Crippen LogP contribution is -2.20. The van der Waals surface area contributed by atoms with Crippen LogP contribution >= 0.6 is 12.2 Å². The van der Waals surface area contributed by atoms with Gasteiger partial charge in [0.1, 0.15) is 5.56 Å². The number of aromatic amines is 1. The molecule has 2 aromatic rings. The van der Waals surface area contributed by atoms with Crippen molar-refractivity contribution in [3.63, 3.8) is 0 Å². The quantitative estimate of drug-likeness (QED) is 0.630. The van der Waals surface area contributed by atoms with E-state index in [2.05, 4.69) is 9.98 Å². The molecule has 23 heavy (non-hydrogen) atoms. The standard InChI is InChI=1S/C17H21N3O2S/c1-3-12(2)20-16(22)14(15(21)19-17(20)23)11-18-10-9-13-7-5-4-6-8-13/h4-8,11-12,22H,3,9-10H2,1-2H3,(H,19,21,23)/t12-/m1/s1. The molecule has 0 aliphatic rings. The maximum Gasteiger partial charge on any atom is 0.264 e. The molecule has 0 bridgehead atoms. The van der Waals surface area contributed by atoms with Crippen LogP contribution in [-0.2, 0) is 6.42 Å². The molecule has 0 spiro atoms. The van der Waals surface area contributed by atoms with Gasteiger partial charge in [-0.15, -0.1) is 0 Å². The van der Waals surface area contributed by atoms with Gasteiger partial charge in [0.05, 0.1) is 0 Å². The summed E-state index contributed by atoms with van der Waals surface area (Å²) < 4.78 is 1.78. The Labute approximate surface area is 140 Å². The van der Waals surface area contributed by atoms with E-state index in [0.29, 0.717) is 6.54 Å². The summed E-state index contributed by atoms with van der Waals surface area (Å²) in [6.07, 6.45) is 2.99. The van der Waals surface area contributed by atoms with Crippen molar-refractivity contribution in [3.05, 3.63) is 56.6 Å². The van der Waals surface area contributed by atoms with Crippen LogP contribution in [0.1, 0.15) is 37.4 Å². The molecule has 0 saturated carbocycles. The SMILES string of the molecule is CC[C@@H](C)n1c(O)c(C=NCCc2ccccc2)c(=O)[nH]c1=S. The molecular weight excluding hydrogens is 310 g/mol. The minimum absolute atomic E-state index is 0.00387. The van der Waals surface area contributed by atoms with E-state index in [1.807, 2.05) is 44.2 Å². The summed E-state index contributed by atoms with van der Waals surface area (Å²) in [5, 5.41) is 10.4. The van der Waals surface area contributed by atoms with Crippen molar-refractivity contribution in [1.82, 2.24) is 9.55 Å². The zero-order valence-electron chi connectivity index (χ0n) is 13.3. The fraction of sp³-hybridized carbons (Fsp3) is 0.353. The number of hydrogen-bond acceptors (Lipinski definition) is 4. The molecule has 0 aliphatic heterocycles. The number of nitrogens with one attached hydrogen (secondary N) is 1. The first-order valence-corrected chi connectivity index (χ1v) is 8.07. The van der Waals surface area contributed by atoms with Crippen molar-refractivity contribution in [3.8, 4) is 5.88 Å². The van der Waals surface area contributed by atoms with Crippen LogP contribution in [-0.4, -0.2) is 27.4 Å². The molecular formula is C17H21N3O2S. The van der Waals surface area contributed by atoms with Gasteiger partial charge in [0.25, 0.3) is 5.56 Å². The minimum atomic E-state index is -0.421. The number of hydrogen-bond donors (Lipinski definition) is 2. The smallest absolute Gasteiger partial charge is 0.264 e. The first kappa shape index (κ1) is 17.1. The summed E-state index contributed by atoms with van der Waals surface area (Å²) in [6.45, 7) is 4.47. The lowest BCUT2D eigenvalue weighted by Gasteiger charge is -2.16. The van der Waals surface area contributed by atoms with Gasteiger partial charge in [-0.05, 0) is 37.5 Å². The molecule has 1 aromatic carbocycles. The van der Waals surface area contributed by atoms with Gasteiger partial charge >= 0.3 is 0 Å². The molecule has 6 heteroatoms. The molecule has 0 fully saturated rings. The molecule has 0 saturated heterocycles. The van der Waals surface area contributed by atoms with Gasteiger partial charge in [0.2, 0.25) is 5.88 Å². The molecule has 122 valence electrons. The highest BCUT2D eigenvalue weighted by atomic mass is 32.1. The molecule has 1 aromatic heterocycles. The van der Waals surface area contributed by atoms with Crippen molar-refractivity contribution < 1.29 is 5.11 Å². The number of benzene rings is 1. The molecule has 0 aliphatic carbocycles. The third-order valence-corrected chi connectivity index (χ3v) is 4.08. The third kappa shape index (κ3) is 4.16. The molecule has 1 heterocycles. The monoisotopic (exact) mass is 331 g/mol.